The summed E-state index contributed by atoms with van der Waals surface area (Å²) in [6, 6.07) is 9.36. The Bertz CT molecular complexity index is 1630. The molecule has 3 aromatic rings. The van der Waals surface area contributed by atoms with E-state index in [0.29, 0.717) is 0 Å². The summed E-state index contributed by atoms with van der Waals surface area (Å²) < 4.78 is 21.7. The Morgan fingerprint density at radius 3 is 1.86 bits per heavy atom. The number of fused-ring (bicyclic) bond motifs is 6. The van der Waals surface area contributed by atoms with Crippen LogP contribution < -0.4 is 4.74 Å². The third-order valence-corrected chi connectivity index (χ3v) is 7.11. The van der Waals surface area contributed by atoms with Gasteiger partial charge in [-0.1, -0.05) is 0 Å². The molecule has 0 fully saturated rings. The Morgan fingerprint density at radius 1 is 0.791 bits per heavy atom. The van der Waals surface area contributed by atoms with Crippen molar-refractivity contribution in [3.05, 3.63) is 81.4 Å². The van der Waals surface area contributed by atoms with Gasteiger partial charge in [0.25, 0.3) is 0 Å². The van der Waals surface area contributed by atoms with Gasteiger partial charge in [-0.2, -0.15) is 0 Å². The van der Waals surface area contributed by atoms with Gasteiger partial charge in [0, 0.05) is 48.6 Å². The molecule has 1 spiro atoms. The molecule has 13 heteroatoms. The van der Waals surface area contributed by atoms with Gasteiger partial charge in [-0.15, -0.1) is 0 Å². The number of rotatable bonds is 9. The zero-order chi connectivity index (χ0) is 31.1. The predicted molar refractivity (Wildman–Crippen MR) is 142 cm³/mol. The number of ether oxygens (including phenoxy) is 4. The minimum Gasteiger partial charge on any atom is -0.508 e. The molecule has 0 unspecified atom stereocenters. The van der Waals surface area contributed by atoms with E-state index < -0.39 is 42.2 Å². The smallest absolute Gasteiger partial charge is 0.341 e. The van der Waals surface area contributed by atoms with Crippen LogP contribution in [-0.4, -0.2) is 57.1 Å². The van der Waals surface area contributed by atoms with Crippen LogP contribution in [0.5, 0.6) is 23.0 Å². The summed E-state index contributed by atoms with van der Waals surface area (Å²) in [4.78, 5) is 59.8. The van der Waals surface area contributed by atoms with E-state index in [-0.39, 0.29) is 87.6 Å². The molecule has 4 N–H and O–H groups in total. The van der Waals surface area contributed by atoms with Gasteiger partial charge in [0.1, 0.15) is 23.0 Å². The second kappa shape index (κ2) is 11.0. The Kier molecular flexibility index (Phi) is 7.40. The third-order valence-electron chi connectivity index (χ3n) is 7.11. The van der Waals surface area contributed by atoms with Crippen LogP contribution in [0.15, 0.2) is 42.5 Å². The molecule has 0 saturated carbocycles. The molecule has 0 bridgehead atoms. The summed E-state index contributed by atoms with van der Waals surface area (Å²) in [6.45, 7) is 0.491. The molecular formula is C30H24O13. The number of phenolic OH excluding ortho intramolecular Hbond substituents is 2. The van der Waals surface area contributed by atoms with Crippen molar-refractivity contribution in [3.63, 3.8) is 0 Å². The normalized spacial score (nSPS) is 13.7. The van der Waals surface area contributed by atoms with Gasteiger partial charge in [-0.05, 0) is 54.3 Å². The van der Waals surface area contributed by atoms with Crippen LogP contribution in [0.3, 0.4) is 0 Å². The number of carbonyl (C=O) groups excluding carboxylic acids is 3. The minimum atomic E-state index is -1.83. The summed E-state index contributed by atoms with van der Waals surface area (Å²) in [5.74, 6) is -5.08. The summed E-state index contributed by atoms with van der Waals surface area (Å²) in [6.07, 6.45) is -0.808. The van der Waals surface area contributed by atoms with Crippen molar-refractivity contribution in [1.29, 1.82) is 0 Å². The van der Waals surface area contributed by atoms with Crippen LogP contribution >= 0.6 is 0 Å². The fourth-order valence-corrected chi connectivity index (χ4v) is 5.13. The second-order valence-corrected chi connectivity index (χ2v) is 9.86. The van der Waals surface area contributed by atoms with E-state index in [1.807, 2.05) is 0 Å². The molecule has 0 atom stereocenters. The molecule has 3 aromatic carbocycles. The first-order valence-corrected chi connectivity index (χ1v) is 12.9. The Hall–Kier alpha value is -5.59. The fraction of sp³-hybridized carbons (Fsp3) is 0.233. The van der Waals surface area contributed by atoms with E-state index in [1.54, 1.807) is 0 Å². The highest BCUT2D eigenvalue weighted by Crippen LogP contribution is 2.58. The van der Waals surface area contributed by atoms with Crippen LogP contribution in [-0.2, 0) is 47.0 Å². The van der Waals surface area contributed by atoms with E-state index in [0.717, 1.165) is 6.92 Å². The van der Waals surface area contributed by atoms with E-state index in [9.17, 15) is 44.4 Å². The van der Waals surface area contributed by atoms with E-state index in [4.69, 9.17) is 14.2 Å². The van der Waals surface area contributed by atoms with E-state index in [2.05, 4.69) is 4.74 Å². The van der Waals surface area contributed by atoms with Crippen molar-refractivity contribution in [3.8, 4) is 23.0 Å². The zero-order valence-electron chi connectivity index (χ0n) is 22.5. The molecule has 0 aliphatic carbocycles. The number of aromatic hydroxyl groups is 2. The zero-order valence-corrected chi connectivity index (χ0v) is 22.5. The number of hydrogen-bond acceptors (Lipinski definition) is 11. The van der Waals surface area contributed by atoms with Gasteiger partial charge < -0.3 is 39.4 Å². The second-order valence-electron chi connectivity index (χ2n) is 9.86. The standard InChI is InChI=1S/C30H24O13/c1-14(31)40-13-41-28(38)17-2-5-18-19(10-17)30(43-29(18)39)20-8-15(3-6-26(34)35)22(32)11-24(20)42-25-12-23(33)16(9-21(25)30)4-7-27(36)37/h2,5,8-12,32-33H,3-4,6-7,13H2,1H3,(H,34,35)(H,36,37). The topological polar surface area (TPSA) is 203 Å². The summed E-state index contributed by atoms with van der Waals surface area (Å²) in [5, 5.41) is 39.8. The largest absolute Gasteiger partial charge is 0.508 e. The van der Waals surface area contributed by atoms with Gasteiger partial charge in [0.2, 0.25) is 6.79 Å². The molecule has 2 aliphatic rings. The van der Waals surface area contributed by atoms with Crippen LogP contribution in [0.1, 0.15) is 68.3 Å². The highest BCUT2D eigenvalue weighted by atomic mass is 16.7. The summed E-state index contributed by atoms with van der Waals surface area (Å²) in [7, 11) is 0. The van der Waals surface area contributed by atoms with Crippen LogP contribution in [0.4, 0.5) is 0 Å². The lowest BCUT2D eigenvalue weighted by atomic mass is 9.76. The molecule has 0 amide bonds. The predicted octanol–water partition coefficient (Wildman–Crippen LogP) is 3.38. The number of esters is 3. The summed E-state index contributed by atoms with van der Waals surface area (Å²) >= 11 is 0. The molecule has 0 aromatic heterocycles. The lowest BCUT2D eigenvalue weighted by molar-refractivity contribution is -0.149. The van der Waals surface area contributed by atoms with Crippen molar-refractivity contribution >= 4 is 29.8 Å². The quantitative estimate of drug-likeness (QED) is 0.208. The van der Waals surface area contributed by atoms with Gasteiger partial charge in [0.15, 0.2) is 5.60 Å². The van der Waals surface area contributed by atoms with Crippen LogP contribution in [0.25, 0.3) is 0 Å². The number of hydrogen-bond donors (Lipinski definition) is 4. The lowest BCUT2D eigenvalue weighted by Gasteiger charge is -2.37. The van der Waals surface area contributed by atoms with E-state index in [1.165, 1.54) is 42.5 Å². The van der Waals surface area contributed by atoms with Crippen LogP contribution in [0.2, 0.25) is 0 Å². The highest BCUT2D eigenvalue weighted by molar-refractivity contribution is 5.99. The third kappa shape index (κ3) is 5.27. The molecular weight excluding hydrogens is 568 g/mol. The fourth-order valence-electron chi connectivity index (χ4n) is 5.13. The average Bonchev–Trinajstić information content (AvgIpc) is 3.22. The van der Waals surface area contributed by atoms with Crippen molar-refractivity contribution in [1.82, 2.24) is 0 Å². The molecule has 0 saturated heterocycles. The maximum Gasteiger partial charge on any atom is 0.341 e. The Morgan fingerprint density at radius 2 is 1.35 bits per heavy atom. The molecule has 0 radical (unpaired) electrons. The molecule has 222 valence electrons. The number of carboxylic acids is 2. The maximum atomic E-state index is 13.3. The maximum absolute atomic E-state index is 13.3. The molecule has 2 aliphatic heterocycles. The molecule has 5 rings (SSSR count). The van der Waals surface area contributed by atoms with Crippen molar-refractivity contribution in [2.24, 2.45) is 0 Å². The molecule has 2 heterocycles. The molecule has 13 nitrogen and oxygen atoms in total. The van der Waals surface area contributed by atoms with Gasteiger partial charge in [-0.3, -0.25) is 14.4 Å². The first kappa shape index (κ1) is 28.9. The SMILES string of the molecule is CC(=O)OCOC(=O)c1ccc2c(c1)C1(OC2=O)c2cc(CCC(=O)O)c(O)cc2Oc2cc(O)c(CCC(=O)O)cc21. The van der Waals surface area contributed by atoms with Gasteiger partial charge in [-0.25, -0.2) is 9.59 Å². The minimum absolute atomic E-state index is 0.0187. The lowest BCUT2D eigenvalue weighted by Crippen LogP contribution is -2.33. The number of carboxylic acid groups (broad SMARTS) is 2. The summed E-state index contributed by atoms with van der Waals surface area (Å²) in [5.41, 5.74) is -0.855. The number of benzene rings is 3. The van der Waals surface area contributed by atoms with Crippen molar-refractivity contribution in [2.45, 2.75) is 38.2 Å². The molecule has 43 heavy (non-hydrogen) atoms. The number of carbonyl (C=O) groups is 5. The van der Waals surface area contributed by atoms with Crippen LogP contribution in [0, 0.1) is 0 Å². The number of aryl methyl sites for hydroxylation is 2. The average molecular weight is 593 g/mol. The Labute approximate surface area is 242 Å². The van der Waals surface area contributed by atoms with Gasteiger partial charge >= 0.3 is 29.8 Å². The monoisotopic (exact) mass is 592 g/mol. The number of aliphatic carboxylic acids is 2. The highest BCUT2D eigenvalue weighted by Gasteiger charge is 2.54. The first-order valence-electron chi connectivity index (χ1n) is 12.9. The van der Waals surface area contributed by atoms with Crippen molar-refractivity contribution < 1.29 is 63.3 Å². The van der Waals surface area contributed by atoms with E-state index >= 15 is 0 Å². The first-order chi connectivity index (χ1) is 20.4. The number of phenols is 2. The van der Waals surface area contributed by atoms with Crippen molar-refractivity contribution in [2.75, 3.05) is 6.79 Å². The van der Waals surface area contributed by atoms with Gasteiger partial charge in [0.05, 0.1) is 11.1 Å². The Balaban J connectivity index is 1.73.